The highest BCUT2D eigenvalue weighted by molar-refractivity contribution is 6.17. The summed E-state index contributed by atoms with van der Waals surface area (Å²) in [6.45, 7) is 4.14. The standard InChI is InChI=1S/C19H16O5/c1-3-23-14-7-4-12(5-8-14)18(20)17-11(2)24-16-9-6-13(19(21)22)10-15(16)17/h4-10H,3H2,1-2H3,(H,21,22). The zero-order valence-corrected chi connectivity index (χ0v) is 13.3. The van der Waals surface area contributed by atoms with E-state index in [9.17, 15) is 9.59 Å². The van der Waals surface area contributed by atoms with Crippen molar-refractivity contribution < 1.29 is 23.8 Å². The molecule has 1 aromatic heterocycles. The molecule has 2 aromatic carbocycles. The number of furan rings is 1. The van der Waals surface area contributed by atoms with Crippen LogP contribution in [0.5, 0.6) is 5.75 Å². The molecule has 3 aromatic rings. The number of carbonyl (C=O) groups excluding carboxylic acids is 1. The molecule has 0 fully saturated rings. The minimum absolute atomic E-state index is 0.115. The number of aryl methyl sites for hydroxylation is 1. The van der Waals surface area contributed by atoms with Crippen LogP contribution < -0.4 is 4.74 Å². The fourth-order valence-corrected chi connectivity index (χ4v) is 2.65. The third-order valence-corrected chi connectivity index (χ3v) is 3.77. The van der Waals surface area contributed by atoms with Crippen LogP contribution in [0.4, 0.5) is 0 Å². The van der Waals surface area contributed by atoms with Crippen molar-refractivity contribution in [3.63, 3.8) is 0 Å². The number of carboxylic acid groups (broad SMARTS) is 1. The zero-order valence-electron chi connectivity index (χ0n) is 13.3. The Bertz CT molecular complexity index is 919. The van der Waals surface area contributed by atoms with Crippen molar-refractivity contribution in [2.75, 3.05) is 6.61 Å². The van der Waals surface area contributed by atoms with Crippen LogP contribution in [-0.4, -0.2) is 23.5 Å². The van der Waals surface area contributed by atoms with Gasteiger partial charge in [0.05, 0.1) is 17.7 Å². The maximum Gasteiger partial charge on any atom is 0.335 e. The van der Waals surface area contributed by atoms with Crippen LogP contribution >= 0.6 is 0 Å². The van der Waals surface area contributed by atoms with E-state index in [1.54, 1.807) is 37.3 Å². The number of aromatic carboxylic acids is 1. The van der Waals surface area contributed by atoms with E-state index in [1.165, 1.54) is 12.1 Å². The van der Waals surface area contributed by atoms with Crippen molar-refractivity contribution in [1.29, 1.82) is 0 Å². The van der Waals surface area contributed by atoms with E-state index in [2.05, 4.69) is 0 Å². The lowest BCUT2D eigenvalue weighted by Gasteiger charge is -2.04. The highest BCUT2D eigenvalue weighted by atomic mass is 16.5. The molecule has 0 bridgehead atoms. The second-order valence-corrected chi connectivity index (χ2v) is 5.34. The van der Waals surface area contributed by atoms with Gasteiger partial charge in [0.25, 0.3) is 0 Å². The van der Waals surface area contributed by atoms with Gasteiger partial charge in [-0.2, -0.15) is 0 Å². The Morgan fingerprint density at radius 1 is 1.08 bits per heavy atom. The van der Waals surface area contributed by atoms with Crippen LogP contribution in [0.25, 0.3) is 11.0 Å². The van der Waals surface area contributed by atoms with Gasteiger partial charge in [-0.05, 0) is 56.3 Å². The van der Waals surface area contributed by atoms with E-state index in [1.807, 2.05) is 6.92 Å². The maximum atomic E-state index is 12.8. The molecule has 0 saturated heterocycles. The summed E-state index contributed by atoms with van der Waals surface area (Å²) in [7, 11) is 0. The molecule has 0 unspecified atom stereocenters. The molecule has 0 radical (unpaired) electrons. The van der Waals surface area contributed by atoms with E-state index in [4.69, 9.17) is 14.3 Å². The van der Waals surface area contributed by atoms with Gasteiger partial charge in [0, 0.05) is 10.9 Å². The normalized spacial score (nSPS) is 10.8. The van der Waals surface area contributed by atoms with Crippen LogP contribution in [0, 0.1) is 6.92 Å². The smallest absolute Gasteiger partial charge is 0.335 e. The molecule has 0 amide bonds. The third kappa shape index (κ3) is 2.76. The lowest BCUT2D eigenvalue weighted by molar-refractivity contribution is 0.0696. The van der Waals surface area contributed by atoms with Crippen LogP contribution in [-0.2, 0) is 0 Å². The molecule has 1 N–H and O–H groups in total. The van der Waals surface area contributed by atoms with Crippen LogP contribution in [0.3, 0.4) is 0 Å². The van der Waals surface area contributed by atoms with Gasteiger partial charge >= 0.3 is 5.97 Å². The average Bonchev–Trinajstić information content (AvgIpc) is 2.90. The summed E-state index contributed by atoms with van der Waals surface area (Å²) in [6, 6.07) is 11.3. The van der Waals surface area contributed by atoms with Gasteiger partial charge in [-0.3, -0.25) is 4.79 Å². The summed E-state index contributed by atoms with van der Waals surface area (Å²) < 4.78 is 11.0. The molecule has 0 aliphatic carbocycles. The molecule has 5 heteroatoms. The van der Waals surface area contributed by atoms with Crippen molar-refractivity contribution in [1.82, 2.24) is 0 Å². The molecular formula is C19H16O5. The number of carbonyl (C=O) groups is 2. The van der Waals surface area contributed by atoms with Crippen molar-refractivity contribution in [3.05, 3.63) is 64.9 Å². The Balaban J connectivity index is 2.07. The summed E-state index contributed by atoms with van der Waals surface area (Å²) in [5.74, 6) is -0.102. The Labute approximate surface area is 138 Å². The second kappa shape index (κ2) is 6.20. The van der Waals surface area contributed by atoms with E-state index in [-0.39, 0.29) is 11.3 Å². The van der Waals surface area contributed by atoms with Gasteiger partial charge in [0.15, 0.2) is 5.78 Å². The predicted octanol–water partition coefficient (Wildman–Crippen LogP) is 4.07. The highest BCUT2D eigenvalue weighted by Crippen LogP contribution is 2.29. The number of ketones is 1. The average molecular weight is 324 g/mol. The van der Waals surface area contributed by atoms with E-state index in [0.717, 1.165) is 0 Å². The number of hydrogen-bond donors (Lipinski definition) is 1. The minimum Gasteiger partial charge on any atom is -0.494 e. The van der Waals surface area contributed by atoms with Gasteiger partial charge in [-0.25, -0.2) is 4.79 Å². The summed E-state index contributed by atoms with van der Waals surface area (Å²) in [4.78, 5) is 24.0. The summed E-state index contributed by atoms with van der Waals surface area (Å²) in [5.41, 5.74) is 1.48. The molecule has 122 valence electrons. The number of hydrogen-bond acceptors (Lipinski definition) is 4. The van der Waals surface area contributed by atoms with Crippen molar-refractivity contribution in [2.45, 2.75) is 13.8 Å². The Morgan fingerprint density at radius 2 is 1.75 bits per heavy atom. The first-order chi connectivity index (χ1) is 11.5. The third-order valence-electron chi connectivity index (χ3n) is 3.77. The number of carboxylic acids is 1. The number of fused-ring (bicyclic) bond motifs is 1. The zero-order chi connectivity index (χ0) is 17.3. The van der Waals surface area contributed by atoms with Crippen LogP contribution in [0.1, 0.15) is 39.0 Å². The quantitative estimate of drug-likeness (QED) is 0.716. The largest absolute Gasteiger partial charge is 0.494 e. The van der Waals surface area contributed by atoms with Crippen molar-refractivity contribution >= 4 is 22.7 Å². The fourth-order valence-electron chi connectivity index (χ4n) is 2.65. The molecule has 0 spiro atoms. The van der Waals surface area contributed by atoms with E-state index >= 15 is 0 Å². The molecule has 0 aliphatic rings. The van der Waals surface area contributed by atoms with E-state index in [0.29, 0.717) is 40.2 Å². The molecule has 0 aliphatic heterocycles. The Hall–Kier alpha value is -3.08. The molecule has 0 atom stereocenters. The van der Waals surface area contributed by atoms with Gasteiger partial charge in [-0.1, -0.05) is 0 Å². The van der Waals surface area contributed by atoms with Crippen molar-refractivity contribution in [3.8, 4) is 5.75 Å². The summed E-state index contributed by atoms with van der Waals surface area (Å²) in [5, 5.41) is 9.66. The van der Waals surface area contributed by atoms with Gasteiger partial charge < -0.3 is 14.3 Å². The van der Waals surface area contributed by atoms with Crippen LogP contribution in [0.15, 0.2) is 46.9 Å². The predicted molar refractivity (Wildman–Crippen MR) is 89.0 cm³/mol. The SMILES string of the molecule is CCOc1ccc(C(=O)c2c(C)oc3ccc(C(=O)O)cc23)cc1. The molecule has 1 heterocycles. The van der Waals surface area contributed by atoms with Gasteiger partial charge in [-0.15, -0.1) is 0 Å². The first-order valence-electron chi connectivity index (χ1n) is 7.55. The second-order valence-electron chi connectivity index (χ2n) is 5.34. The Morgan fingerprint density at radius 3 is 2.38 bits per heavy atom. The first-order valence-corrected chi connectivity index (χ1v) is 7.55. The summed E-state index contributed by atoms with van der Waals surface area (Å²) >= 11 is 0. The Kier molecular flexibility index (Phi) is 4.08. The van der Waals surface area contributed by atoms with Gasteiger partial charge in [0.1, 0.15) is 17.1 Å². The topological polar surface area (TPSA) is 76.7 Å². The molecule has 3 rings (SSSR count). The minimum atomic E-state index is -1.05. The number of ether oxygens (including phenoxy) is 1. The lowest BCUT2D eigenvalue weighted by Crippen LogP contribution is -2.03. The maximum absolute atomic E-state index is 12.8. The van der Waals surface area contributed by atoms with E-state index < -0.39 is 5.97 Å². The molecule has 5 nitrogen and oxygen atoms in total. The fraction of sp³-hybridized carbons (Fsp3) is 0.158. The lowest BCUT2D eigenvalue weighted by atomic mass is 9.99. The van der Waals surface area contributed by atoms with Crippen molar-refractivity contribution in [2.24, 2.45) is 0 Å². The number of rotatable bonds is 5. The molecular weight excluding hydrogens is 308 g/mol. The first kappa shape index (κ1) is 15.8. The molecule has 24 heavy (non-hydrogen) atoms. The highest BCUT2D eigenvalue weighted by Gasteiger charge is 2.21. The van der Waals surface area contributed by atoms with Gasteiger partial charge in [0.2, 0.25) is 0 Å². The monoisotopic (exact) mass is 324 g/mol. The summed E-state index contributed by atoms with van der Waals surface area (Å²) in [6.07, 6.45) is 0. The van der Waals surface area contributed by atoms with Crippen LogP contribution in [0.2, 0.25) is 0 Å². The molecule has 0 saturated carbocycles. The number of benzene rings is 2.